The fraction of sp³-hybridized carbons (Fsp3) is 0.0833. The summed E-state index contributed by atoms with van der Waals surface area (Å²) >= 11 is 5.84. The Hall–Kier alpha value is -4.17. The van der Waals surface area contributed by atoms with Gasteiger partial charge in [-0.05, 0) is 43.3 Å². The van der Waals surface area contributed by atoms with Gasteiger partial charge in [0.15, 0.2) is 0 Å². The number of aromatic hydroxyl groups is 1. The minimum absolute atomic E-state index is 0.0755. The third-order valence-corrected chi connectivity index (χ3v) is 5.50. The van der Waals surface area contributed by atoms with E-state index in [-0.39, 0.29) is 26.9 Å². The van der Waals surface area contributed by atoms with Gasteiger partial charge in [-0.1, -0.05) is 35.4 Å². The highest BCUT2D eigenvalue weighted by Crippen LogP contribution is 2.25. The zero-order valence-electron chi connectivity index (χ0n) is 17.5. The fourth-order valence-electron chi connectivity index (χ4n) is 3.57. The summed E-state index contributed by atoms with van der Waals surface area (Å²) in [5.41, 5.74) is 6.01. The van der Waals surface area contributed by atoms with Gasteiger partial charge < -0.3 is 9.67 Å². The number of amides is 1. The summed E-state index contributed by atoms with van der Waals surface area (Å²) < 4.78 is 1.94. The number of rotatable bonds is 6. The first-order valence-corrected chi connectivity index (χ1v) is 10.3. The molecule has 0 radical (unpaired) electrons. The lowest BCUT2D eigenvalue weighted by atomic mass is 10.1. The van der Waals surface area contributed by atoms with E-state index in [1.54, 1.807) is 6.07 Å². The molecule has 4 aromatic rings. The van der Waals surface area contributed by atoms with Gasteiger partial charge in [0, 0.05) is 39.9 Å². The number of halogens is 1. The summed E-state index contributed by atoms with van der Waals surface area (Å²) in [6, 6.07) is 16.7. The van der Waals surface area contributed by atoms with E-state index >= 15 is 0 Å². The molecule has 1 aromatic heterocycles. The maximum absolute atomic E-state index is 12.3. The molecule has 0 saturated heterocycles. The Morgan fingerprint density at radius 1 is 1.21 bits per heavy atom. The molecule has 0 aliphatic rings. The highest BCUT2D eigenvalue weighted by atomic mass is 35.5. The molecular weight excluding hydrogens is 444 g/mol. The minimum atomic E-state index is -0.468. The number of carbonyl (C=O) groups is 1. The number of nitro benzene ring substituents is 1. The van der Waals surface area contributed by atoms with E-state index in [1.165, 1.54) is 30.5 Å². The van der Waals surface area contributed by atoms with E-state index in [0.717, 1.165) is 22.0 Å². The number of hydrogen-bond donors (Lipinski definition) is 2. The van der Waals surface area contributed by atoms with Gasteiger partial charge in [0.25, 0.3) is 11.6 Å². The topological polar surface area (TPSA) is 110 Å². The van der Waals surface area contributed by atoms with Crippen molar-refractivity contribution in [3.05, 3.63) is 104 Å². The molecule has 4 rings (SSSR count). The lowest BCUT2D eigenvalue weighted by Crippen LogP contribution is -2.17. The average molecular weight is 463 g/mol. The zero-order valence-corrected chi connectivity index (χ0v) is 18.3. The first-order chi connectivity index (χ1) is 15.8. The molecule has 166 valence electrons. The molecule has 0 atom stereocenters. The van der Waals surface area contributed by atoms with Crippen LogP contribution in [-0.4, -0.2) is 26.7 Å². The molecule has 0 aliphatic carbocycles. The number of phenolic OH excluding ortho intramolecular Hbond substituents is 1. The number of carbonyl (C=O) groups excluding carboxylic acids is 1. The Balaban J connectivity index is 1.56. The SMILES string of the molecule is Cc1ccc([N+](=O)[O-])c(Cn2ccc3c(/C=N/NC(=O)c4ccc(O)c(Cl)c4)cccc32)c1. The molecule has 0 aliphatic heterocycles. The van der Waals surface area contributed by atoms with Gasteiger partial charge in [0.2, 0.25) is 0 Å². The van der Waals surface area contributed by atoms with Crippen molar-refractivity contribution in [2.45, 2.75) is 13.5 Å². The molecule has 0 spiro atoms. The highest BCUT2D eigenvalue weighted by molar-refractivity contribution is 6.32. The van der Waals surface area contributed by atoms with Crippen LogP contribution in [0.5, 0.6) is 5.75 Å². The van der Waals surface area contributed by atoms with Gasteiger partial charge in [-0.25, -0.2) is 5.43 Å². The van der Waals surface area contributed by atoms with Crippen LogP contribution >= 0.6 is 11.6 Å². The number of nitrogens with one attached hydrogen (secondary N) is 1. The van der Waals surface area contributed by atoms with Crippen LogP contribution in [-0.2, 0) is 6.54 Å². The van der Waals surface area contributed by atoms with E-state index in [1.807, 2.05) is 48.0 Å². The second-order valence-electron chi connectivity index (χ2n) is 7.48. The number of phenols is 1. The standard InChI is InChI=1S/C24H19ClN4O4/c1-15-5-7-21(29(32)33)18(11-15)14-28-10-9-19-17(3-2-4-22(19)28)13-26-27-24(31)16-6-8-23(30)20(25)12-16/h2-13,30H,14H2,1H3,(H,27,31)/b26-13+. The van der Waals surface area contributed by atoms with Crippen molar-refractivity contribution in [3.8, 4) is 5.75 Å². The Morgan fingerprint density at radius 2 is 2.03 bits per heavy atom. The van der Waals surface area contributed by atoms with Crippen molar-refractivity contribution in [1.29, 1.82) is 0 Å². The highest BCUT2D eigenvalue weighted by Gasteiger charge is 2.15. The van der Waals surface area contributed by atoms with Crippen LogP contribution in [0.15, 0.2) is 72.0 Å². The van der Waals surface area contributed by atoms with Crippen molar-refractivity contribution in [1.82, 2.24) is 9.99 Å². The molecule has 0 bridgehead atoms. The quantitative estimate of drug-likeness (QED) is 0.238. The summed E-state index contributed by atoms with van der Waals surface area (Å²) in [4.78, 5) is 23.3. The molecule has 8 nitrogen and oxygen atoms in total. The smallest absolute Gasteiger partial charge is 0.274 e. The second kappa shape index (κ2) is 9.13. The zero-order chi connectivity index (χ0) is 23.5. The van der Waals surface area contributed by atoms with E-state index in [0.29, 0.717) is 12.1 Å². The number of nitrogens with zero attached hydrogens (tertiary/aromatic N) is 3. The molecule has 0 saturated carbocycles. The molecule has 1 amide bonds. The Labute approximate surface area is 193 Å². The first-order valence-electron chi connectivity index (χ1n) is 9.97. The normalized spacial score (nSPS) is 11.2. The largest absolute Gasteiger partial charge is 0.506 e. The summed E-state index contributed by atoms with van der Waals surface area (Å²) in [5.74, 6) is -0.575. The Bertz CT molecular complexity index is 1410. The molecule has 3 aromatic carbocycles. The average Bonchev–Trinajstić information content (AvgIpc) is 3.19. The van der Waals surface area contributed by atoms with Gasteiger partial charge in [-0.2, -0.15) is 5.10 Å². The molecule has 0 unspecified atom stereocenters. The number of hydrogen-bond acceptors (Lipinski definition) is 5. The van der Waals surface area contributed by atoms with Crippen LogP contribution in [0.2, 0.25) is 5.02 Å². The molecule has 0 fully saturated rings. The third kappa shape index (κ3) is 4.70. The minimum Gasteiger partial charge on any atom is -0.506 e. The number of aromatic nitrogens is 1. The van der Waals surface area contributed by atoms with Crippen LogP contribution in [0.4, 0.5) is 5.69 Å². The maximum Gasteiger partial charge on any atom is 0.274 e. The van der Waals surface area contributed by atoms with Crippen molar-refractivity contribution in [2.24, 2.45) is 5.10 Å². The van der Waals surface area contributed by atoms with Gasteiger partial charge in [-0.15, -0.1) is 0 Å². The first kappa shape index (κ1) is 22.0. The van der Waals surface area contributed by atoms with Crippen molar-refractivity contribution in [2.75, 3.05) is 0 Å². The van der Waals surface area contributed by atoms with E-state index in [4.69, 9.17) is 11.6 Å². The van der Waals surface area contributed by atoms with Crippen molar-refractivity contribution in [3.63, 3.8) is 0 Å². The monoisotopic (exact) mass is 462 g/mol. The van der Waals surface area contributed by atoms with E-state index in [9.17, 15) is 20.0 Å². The predicted octanol–water partition coefficient (Wildman–Crippen LogP) is 5.03. The number of benzene rings is 3. The Morgan fingerprint density at radius 3 is 2.79 bits per heavy atom. The van der Waals surface area contributed by atoms with Crippen LogP contribution in [0.3, 0.4) is 0 Å². The van der Waals surface area contributed by atoms with Crippen LogP contribution in [0.1, 0.15) is 27.0 Å². The van der Waals surface area contributed by atoms with Crippen molar-refractivity contribution < 1.29 is 14.8 Å². The number of nitro groups is 1. The second-order valence-corrected chi connectivity index (χ2v) is 7.89. The maximum atomic E-state index is 12.3. The summed E-state index contributed by atoms with van der Waals surface area (Å²) in [6.07, 6.45) is 3.40. The third-order valence-electron chi connectivity index (χ3n) is 5.20. The molecule has 9 heteroatoms. The fourth-order valence-corrected chi connectivity index (χ4v) is 3.75. The Kier molecular flexibility index (Phi) is 6.10. The van der Waals surface area contributed by atoms with Crippen molar-refractivity contribution >= 4 is 40.3 Å². The van der Waals surface area contributed by atoms with E-state index < -0.39 is 5.91 Å². The van der Waals surface area contributed by atoms with Gasteiger partial charge >= 0.3 is 0 Å². The lowest BCUT2D eigenvalue weighted by molar-refractivity contribution is -0.385. The van der Waals surface area contributed by atoms with Crippen LogP contribution in [0, 0.1) is 17.0 Å². The molecule has 2 N–H and O–H groups in total. The lowest BCUT2D eigenvalue weighted by Gasteiger charge is -2.08. The van der Waals surface area contributed by atoms with Crippen LogP contribution < -0.4 is 5.43 Å². The molecule has 1 heterocycles. The summed E-state index contributed by atoms with van der Waals surface area (Å²) in [5, 5.41) is 25.9. The van der Waals surface area contributed by atoms with Gasteiger partial charge in [0.1, 0.15) is 5.75 Å². The molecule has 33 heavy (non-hydrogen) atoms. The summed E-state index contributed by atoms with van der Waals surface area (Å²) in [6.45, 7) is 2.25. The van der Waals surface area contributed by atoms with Crippen LogP contribution in [0.25, 0.3) is 10.9 Å². The number of aryl methyl sites for hydroxylation is 1. The molecular formula is C24H19ClN4O4. The predicted molar refractivity (Wildman–Crippen MR) is 127 cm³/mol. The summed E-state index contributed by atoms with van der Waals surface area (Å²) in [7, 11) is 0. The van der Waals surface area contributed by atoms with E-state index in [2.05, 4.69) is 10.5 Å². The van der Waals surface area contributed by atoms with Gasteiger partial charge in [-0.3, -0.25) is 14.9 Å². The number of fused-ring (bicyclic) bond motifs is 1. The van der Waals surface area contributed by atoms with Gasteiger partial charge in [0.05, 0.1) is 22.7 Å². The number of hydrazone groups is 1.